The number of ether oxygens (including phenoxy) is 2. The van der Waals surface area contributed by atoms with E-state index in [9.17, 15) is 9.59 Å². The summed E-state index contributed by atoms with van der Waals surface area (Å²) in [4.78, 5) is 27.9. The molecule has 6 heteroatoms. The highest BCUT2D eigenvalue weighted by Crippen LogP contribution is 2.28. The molecular weight excluding hydrogens is 368 g/mol. The van der Waals surface area contributed by atoms with Crippen LogP contribution in [-0.2, 0) is 9.53 Å². The highest BCUT2D eigenvalue weighted by molar-refractivity contribution is 5.99. The summed E-state index contributed by atoms with van der Waals surface area (Å²) in [6.45, 7) is 4.19. The SMILES string of the molecule is Cc1cc(C(=CC(=O)N2CCOCC2)c2ccccc2)ccc1OC(=O)N(C)C. The Labute approximate surface area is 171 Å². The van der Waals surface area contributed by atoms with E-state index in [-0.39, 0.29) is 5.91 Å². The largest absolute Gasteiger partial charge is 0.414 e. The molecule has 1 saturated heterocycles. The summed E-state index contributed by atoms with van der Waals surface area (Å²) in [6, 6.07) is 15.4. The van der Waals surface area contributed by atoms with Crippen molar-refractivity contribution in [3.8, 4) is 5.75 Å². The maximum atomic E-state index is 12.8. The van der Waals surface area contributed by atoms with Gasteiger partial charge in [-0.1, -0.05) is 36.4 Å². The molecule has 0 N–H and O–H groups in total. The van der Waals surface area contributed by atoms with E-state index in [1.54, 1.807) is 31.1 Å². The van der Waals surface area contributed by atoms with E-state index in [1.165, 1.54) is 4.90 Å². The summed E-state index contributed by atoms with van der Waals surface area (Å²) < 4.78 is 10.7. The van der Waals surface area contributed by atoms with Gasteiger partial charge in [-0.15, -0.1) is 0 Å². The van der Waals surface area contributed by atoms with E-state index in [1.807, 2.05) is 49.4 Å². The van der Waals surface area contributed by atoms with Crippen molar-refractivity contribution in [2.24, 2.45) is 0 Å². The second-order valence-corrected chi connectivity index (χ2v) is 7.10. The molecule has 0 aliphatic carbocycles. The van der Waals surface area contributed by atoms with Crippen molar-refractivity contribution in [3.05, 3.63) is 71.3 Å². The molecule has 0 atom stereocenters. The van der Waals surface area contributed by atoms with E-state index in [2.05, 4.69) is 0 Å². The highest BCUT2D eigenvalue weighted by atomic mass is 16.6. The maximum absolute atomic E-state index is 12.8. The van der Waals surface area contributed by atoms with Gasteiger partial charge in [0.2, 0.25) is 5.91 Å². The minimum Gasteiger partial charge on any atom is -0.410 e. The van der Waals surface area contributed by atoms with Crippen molar-refractivity contribution in [1.82, 2.24) is 9.80 Å². The van der Waals surface area contributed by atoms with Crippen LogP contribution in [0.2, 0.25) is 0 Å². The first-order valence-electron chi connectivity index (χ1n) is 9.59. The van der Waals surface area contributed by atoms with Crippen LogP contribution < -0.4 is 4.74 Å². The van der Waals surface area contributed by atoms with E-state index >= 15 is 0 Å². The molecule has 0 unspecified atom stereocenters. The normalized spacial score (nSPS) is 14.4. The molecule has 0 bridgehead atoms. The topological polar surface area (TPSA) is 59.1 Å². The lowest BCUT2D eigenvalue weighted by Crippen LogP contribution is -2.39. The minimum atomic E-state index is -0.429. The Morgan fingerprint density at radius 3 is 2.34 bits per heavy atom. The second kappa shape index (κ2) is 9.39. The number of hydrogen-bond donors (Lipinski definition) is 0. The summed E-state index contributed by atoms with van der Waals surface area (Å²) in [7, 11) is 3.28. The van der Waals surface area contributed by atoms with Crippen LogP contribution in [-0.4, -0.2) is 62.2 Å². The number of hydrogen-bond acceptors (Lipinski definition) is 4. The third-order valence-corrected chi connectivity index (χ3v) is 4.72. The molecule has 0 aromatic heterocycles. The summed E-state index contributed by atoms with van der Waals surface area (Å²) in [5.41, 5.74) is 3.49. The molecule has 3 rings (SSSR count). The third kappa shape index (κ3) is 5.23. The lowest BCUT2D eigenvalue weighted by molar-refractivity contribution is -0.129. The molecule has 29 heavy (non-hydrogen) atoms. The Bertz CT molecular complexity index is 900. The lowest BCUT2D eigenvalue weighted by Gasteiger charge is -2.26. The lowest BCUT2D eigenvalue weighted by atomic mass is 9.95. The fourth-order valence-corrected chi connectivity index (χ4v) is 3.07. The van der Waals surface area contributed by atoms with Crippen LogP contribution in [0.1, 0.15) is 16.7 Å². The van der Waals surface area contributed by atoms with Gasteiger partial charge in [-0.3, -0.25) is 4.79 Å². The average Bonchev–Trinajstić information content (AvgIpc) is 2.74. The second-order valence-electron chi connectivity index (χ2n) is 7.10. The number of morpholine rings is 1. The first-order chi connectivity index (χ1) is 14.0. The van der Waals surface area contributed by atoms with Crippen molar-refractivity contribution < 1.29 is 19.1 Å². The molecule has 1 aliphatic heterocycles. The van der Waals surface area contributed by atoms with Gasteiger partial charge in [0, 0.05) is 33.3 Å². The van der Waals surface area contributed by atoms with Crippen LogP contribution in [0.25, 0.3) is 5.57 Å². The smallest absolute Gasteiger partial charge is 0.410 e. The third-order valence-electron chi connectivity index (χ3n) is 4.72. The first kappa shape index (κ1) is 20.6. The summed E-state index contributed by atoms with van der Waals surface area (Å²) >= 11 is 0. The number of aryl methyl sites for hydroxylation is 1. The fraction of sp³-hybridized carbons (Fsp3) is 0.304. The molecule has 1 heterocycles. The monoisotopic (exact) mass is 394 g/mol. The van der Waals surface area contributed by atoms with Crippen LogP contribution in [0.5, 0.6) is 5.75 Å². The molecule has 152 valence electrons. The number of amides is 2. The van der Waals surface area contributed by atoms with Gasteiger partial charge in [-0.05, 0) is 41.3 Å². The van der Waals surface area contributed by atoms with Gasteiger partial charge in [-0.2, -0.15) is 0 Å². The Balaban J connectivity index is 1.94. The molecule has 0 saturated carbocycles. The van der Waals surface area contributed by atoms with E-state index in [0.717, 1.165) is 22.3 Å². The quantitative estimate of drug-likeness (QED) is 0.747. The van der Waals surface area contributed by atoms with Gasteiger partial charge in [0.15, 0.2) is 0 Å². The number of nitrogens with zero attached hydrogens (tertiary/aromatic N) is 2. The van der Waals surface area contributed by atoms with Crippen molar-refractivity contribution in [1.29, 1.82) is 0 Å². The minimum absolute atomic E-state index is 0.0343. The van der Waals surface area contributed by atoms with E-state index in [0.29, 0.717) is 32.1 Å². The molecular formula is C23H26N2O4. The average molecular weight is 394 g/mol. The van der Waals surface area contributed by atoms with Crippen molar-refractivity contribution in [3.63, 3.8) is 0 Å². The number of rotatable bonds is 4. The van der Waals surface area contributed by atoms with Gasteiger partial charge in [-0.25, -0.2) is 4.79 Å². The van der Waals surface area contributed by atoms with E-state index in [4.69, 9.17) is 9.47 Å². The standard InChI is InChI=1S/C23H26N2O4/c1-17-15-19(9-10-21(17)29-23(27)24(2)3)20(18-7-5-4-6-8-18)16-22(26)25-11-13-28-14-12-25/h4-10,15-16H,11-14H2,1-3H3. The molecule has 0 radical (unpaired) electrons. The molecule has 2 aromatic carbocycles. The molecule has 2 amide bonds. The Morgan fingerprint density at radius 2 is 1.72 bits per heavy atom. The zero-order valence-electron chi connectivity index (χ0n) is 17.1. The van der Waals surface area contributed by atoms with Gasteiger partial charge in [0.1, 0.15) is 5.75 Å². The van der Waals surface area contributed by atoms with Crippen LogP contribution >= 0.6 is 0 Å². The number of carbonyl (C=O) groups excluding carboxylic acids is 2. The fourth-order valence-electron chi connectivity index (χ4n) is 3.07. The first-order valence-corrected chi connectivity index (χ1v) is 9.59. The van der Waals surface area contributed by atoms with Crippen molar-refractivity contribution >= 4 is 17.6 Å². The maximum Gasteiger partial charge on any atom is 0.414 e. The molecule has 1 fully saturated rings. The number of benzene rings is 2. The molecule has 6 nitrogen and oxygen atoms in total. The summed E-state index contributed by atoms with van der Waals surface area (Å²) in [5.74, 6) is 0.465. The van der Waals surface area contributed by atoms with Gasteiger partial charge in [0.25, 0.3) is 0 Å². The van der Waals surface area contributed by atoms with Crippen LogP contribution in [0.4, 0.5) is 4.79 Å². The Hall–Kier alpha value is -3.12. The summed E-state index contributed by atoms with van der Waals surface area (Å²) in [5, 5.41) is 0. The highest BCUT2D eigenvalue weighted by Gasteiger charge is 2.17. The molecule has 0 spiro atoms. The Kier molecular flexibility index (Phi) is 6.67. The Morgan fingerprint density at radius 1 is 1.03 bits per heavy atom. The van der Waals surface area contributed by atoms with Gasteiger partial charge < -0.3 is 19.3 Å². The van der Waals surface area contributed by atoms with Crippen molar-refractivity contribution in [2.75, 3.05) is 40.4 Å². The zero-order valence-corrected chi connectivity index (χ0v) is 17.1. The van der Waals surface area contributed by atoms with Crippen LogP contribution in [0.15, 0.2) is 54.6 Å². The summed E-state index contributed by atoms with van der Waals surface area (Å²) in [6.07, 6.45) is 1.25. The van der Waals surface area contributed by atoms with E-state index < -0.39 is 6.09 Å². The van der Waals surface area contributed by atoms with Gasteiger partial charge in [0.05, 0.1) is 13.2 Å². The zero-order chi connectivity index (χ0) is 20.8. The molecule has 1 aliphatic rings. The van der Waals surface area contributed by atoms with Crippen LogP contribution in [0.3, 0.4) is 0 Å². The molecule has 2 aromatic rings. The van der Waals surface area contributed by atoms with Crippen molar-refractivity contribution in [2.45, 2.75) is 6.92 Å². The predicted molar refractivity (Wildman–Crippen MR) is 112 cm³/mol. The van der Waals surface area contributed by atoms with Crippen LogP contribution in [0, 0.1) is 6.92 Å². The predicted octanol–water partition coefficient (Wildman–Crippen LogP) is 3.35. The number of carbonyl (C=O) groups is 2. The van der Waals surface area contributed by atoms with Gasteiger partial charge >= 0.3 is 6.09 Å².